The van der Waals surface area contributed by atoms with Crippen LogP contribution in [0.1, 0.15) is 5.56 Å². The summed E-state index contributed by atoms with van der Waals surface area (Å²) in [5, 5.41) is 17.4. The molecule has 0 aliphatic carbocycles. The van der Waals surface area contributed by atoms with Gasteiger partial charge in [0.2, 0.25) is 5.95 Å². The van der Waals surface area contributed by atoms with E-state index >= 15 is 0 Å². The minimum atomic E-state index is 0.130. The van der Waals surface area contributed by atoms with Gasteiger partial charge in [0.1, 0.15) is 22.8 Å². The number of aromatic hydroxyl groups is 1. The van der Waals surface area contributed by atoms with Gasteiger partial charge in [-0.1, -0.05) is 48.5 Å². The number of methoxy groups -OCH3 is 1. The fraction of sp³-hybridized carbons (Fsp3) is 0.0909. The lowest BCUT2D eigenvalue weighted by atomic mass is 10.2. The van der Waals surface area contributed by atoms with Gasteiger partial charge in [-0.25, -0.2) is 4.98 Å². The van der Waals surface area contributed by atoms with Crippen molar-refractivity contribution in [2.24, 2.45) is 0 Å². The van der Waals surface area contributed by atoms with E-state index in [0.717, 1.165) is 10.9 Å². The van der Waals surface area contributed by atoms with Crippen LogP contribution in [0.15, 0.2) is 72.8 Å². The Bertz CT molecular complexity index is 1100. The van der Waals surface area contributed by atoms with Crippen molar-refractivity contribution in [3.8, 4) is 11.5 Å². The van der Waals surface area contributed by atoms with Crippen LogP contribution in [-0.4, -0.2) is 22.2 Å². The van der Waals surface area contributed by atoms with Gasteiger partial charge in [-0.05, 0) is 29.8 Å². The summed E-state index contributed by atoms with van der Waals surface area (Å²) in [6, 6.07) is 22.8. The molecule has 0 unspecified atom stereocenters. The molecule has 0 radical (unpaired) electrons. The van der Waals surface area contributed by atoms with Gasteiger partial charge in [-0.2, -0.15) is 4.98 Å². The molecule has 28 heavy (non-hydrogen) atoms. The maximum absolute atomic E-state index is 10.0. The molecule has 140 valence electrons. The standard InChI is InChI=1S/C22H20N4O2/c1-28-19-13-7-10-16-20(19)25-22(24-17-11-5-6-12-18(17)27)26-21(16)23-14-15-8-3-2-4-9-15/h2-13,27H,14H2,1H3,(H2,23,24,25,26). The third-order valence-corrected chi connectivity index (χ3v) is 4.36. The molecule has 0 amide bonds. The Labute approximate surface area is 162 Å². The van der Waals surface area contributed by atoms with Gasteiger partial charge >= 0.3 is 0 Å². The normalized spacial score (nSPS) is 10.6. The summed E-state index contributed by atoms with van der Waals surface area (Å²) in [6.45, 7) is 0.625. The minimum Gasteiger partial charge on any atom is -0.506 e. The number of fused-ring (bicyclic) bond motifs is 1. The molecule has 0 aliphatic heterocycles. The van der Waals surface area contributed by atoms with Gasteiger partial charge in [0, 0.05) is 11.9 Å². The molecule has 0 saturated carbocycles. The SMILES string of the molecule is COc1cccc2c(NCc3ccccc3)nc(Nc3ccccc3O)nc12. The van der Waals surface area contributed by atoms with Crippen molar-refractivity contribution in [2.75, 3.05) is 17.7 Å². The Hall–Kier alpha value is -3.80. The van der Waals surface area contributed by atoms with Crippen LogP contribution >= 0.6 is 0 Å². The number of rotatable bonds is 6. The van der Waals surface area contributed by atoms with Gasteiger partial charge < -0.3 is 20.5 Å². The fourth-order valence-corrected chi connectivity index (χ4v) is 2.96. The van der Waals surface area contributed by atoms with E-state index in [1.54, 1.807) is 25.3 Å². The zero-order valence-corrected chi connectivity index (χ0v) is 15.4. The maximum atomic E-state index is 10.0. The number of hydrogen-bond acceptors (Lipinski definition) is 6. The van der Waals surface area contributed by atoms with Crippen molar-refractivity contribution in [3.63, 3.8) is 0 Å². The first-order valence-electron chi connectivity index (χ1n) is 8.92. The molecule has 1 aromatic heterocycles. The van der Waals surface area contributed by atoms with E-state index in [2.05, 4.69) is 32.7 Å². The number of phenols is 1. The van der Waals surface area contributed by atoms with E-state index in [0.29, 0.717) is 35.3 Å². The van der Waals surface area contributed by atoms with Crippen LogP contribution in [0, 0.1) is 0 Å². The molecule has 0 aliphatic rings. The summed E-state index contributed by atoms with van der Waals surface area (Å²) in [7, 11) is 1.62. The first kappa shape index (κ1) is 17.6. The highest BCUT2D eigenvalue weighted by atomic mass is 16.5. The number of hydrogen-bond donors (Lipinski definition) is 3. The predicted molar refractivity (Wildman–Crippen MR) is 111 cm³/mol. The Morgan fingerprint density at radius 3 is 2.46 bits per heavy atom. The fourth-order valence-electron chi connectivity index (χ4n) is 2.96. The van der Waals surface area contributed by atoms with Crippen LogP contribution in [0.3, 0.4) is 0 Å². The second-order valence-corrected chi connectivity index (χ2v) is 6.23. The molecular weight excluding hydrogens is 352 g/mol. The number of nitrogens with zero attached hydrogens (tertiary/aromatic N) is 2. The molecule has 6 nitrogen and oxygen atoms in total. The third-order valence-electron chi connectivity index (χ3n) is 4.36. The second kappa shape index (κ2) is 7.84. The number of ether oxygens (including phenoxy) is 1. The van der Waals surface area contributed by atoms with Gasteiger partial charge in [-0.15, -0.1) is 0 Å². The monoisotopic (exact) mass is 372 g/mol. The lowest BCUT2D eigenvalue weighted by Crippen LogP contribution is -2.06. The molecular formula is C22H20N4O2. The average Bonchev–Trinajstić information content (AvgIpc) is 2.74. The van der Waals surface area contributed by atoms with E-state index in [1.807, 2.05) is 42.5 Å². The van der Waals surface area contributed by atoms with Crippen molar-refractivity contribution >= 4 is 28.4 Å². The summed E-state index contributed by atoms with van der Waals surface area (Å²) < 4.78 is 5.48. The average molecular weight is 372 g/mol. The Morgan fingerprint density at radius 2 is 1.68 bits per heavy atom. The first-order chi connectivity index (χ1) is 13.7. The summed E-state index contributed by atoms with van der Waals surface area (Å²) >= 11 is 0. The van der Waals surface area contributed by atoms with Gasteiger partial charge in [0.15, 0.2) is 0 Å². The third kappa shape index (κ3) is 3.66. The number of benzene rings is 3. The van der Waals surface area contributed by atoms with Crippen LogP contribution < -0.4 is 15.4 Å². The molecule has 0 spiro atoms. The van der Waals surface area contributed by atoms with E-state index in [1.165, 1.54) is 0 Å². The molecule has 1 heterocycles. The van der Waals surface area contributed by atoms with E-state index in [4.69, 9.17) is 4.74 Å². The number of anilines is 3. The summed E-state index contributed by atoms with van der Waals surface area (Å²) in [6.07, 6.45) is 0. The molecule has 0 saturated heterocycles. The Kier molecular flexibility index (Phi) is 4.93. The molecule has 0 bridgehead atoms. The van der Waals surface area contributed by atoms with Gasteiger partial charge in [-0.3, -0.25) is 0 Å². The van der Waals surface area contributed by atoms with Gasteiger partial charge in [0.25, 0.3) is 0 Å². The van der Waals surface area contributed by atoms with Crippen LogP contribution in [-0.2, 0) is 6.54 Å². The molecule has 3 N–H and O–H groups in total. The Balaban J connectivity index is 1.74. The maximum Gasteiger partial charge on any atom is 0.229 e. The Morgan fingerprint density at radius 1 is 0.893 bits per heavy atom. The largest absolute Gasteiger partial charge is 0.506 e. The number of aromatic nitrogens is 2. The van der Waals surface area contributed by atoms with Crippen LogP contribution in [0.25, 0.3) is 10.9 Å². The van der Waals surface area contributed by atoms with Crippen molar-refractivity contribution in [2.45, 2.75) is 6.54 Å². The molecule has 4 rings (SSSR count). The highest BCUT2D eigenvalue weighted by Gasteiger charge is 2.12. The molecule has 4 aromatic rings. The van der Waals surface area contributed by atoms with E-state index in [-0.39, 0.29) is 5.75 Å². The van der Waals surface area contributed by atoms with Crippen LogP contribution in [0.4, 0.5) is 17.5 Å². The highest BCUT2D eigenvalue weighted by Crippen LogP contribution is 2.31. The number of phenolic OH excluding ortho intramolecular Hbond substituents is 1. The lowest BCUT2D eigenvalue weighted by molar-refractivity contribution is 0.419. The smallest absolute Gasteiger partial charge is 0.229 e. The van der Waals surface area contributed by atoms with Gasteiger partial charge in [0.05, 0.1) is 12.8 Å². The van der Waals surface area contributed by atoms with E-state index in [9.17, 15) is 5.11 Å². The quantitative estimate of drug-likeness (QED) is 0.426. The van der Waals surface area contributed by atoms with Crippen LogP contribution in [0.2, 0.25) is 0 Å². The highest BCUT2D eigenvalue weighted by molar-refractivity contribution is 5.94. The first-order valence-corrected chi connectivity index (χ1v) is 8.92. The molecule has 0 atom stereocenters. The van der Waals surface area contributed by atoms with Crippen molar-refractivity contribution in [1.29, 1.82) is 0 Å². The van der Waals surface area contributed by atoms with Crippen molar-refractivity contribution < 1.29 is 9.84 Å². The second-order valence-electron chi connectivity index (χ2n) is 6.23. The summed E-state index contributed by atoms with van der Waals surface area (Å²) in [5.74, 6) is 1.84. The van der Waals surface area contributed by atoms with E-state index < -0.39 is 0 Å². The summed E-state index contributed by atoms with van der Waals surface area (Å²) in [4.78, 5) is 9.23. The molecule has 3 aromatic carbocycles. The lowest BCUT2D eigenvalue weighted by Gasteiger charge is -2.14. The zero-order valence-electron chi connectivity index (χ0n) is 15.4. The topological polar surface area (TPSA) is 79.3 Å². The number of para-hydroxylation sites is 3. The number of nitrogens with one attached hydrogen (secondary N) is 2. The minimum absolute atomic E-state index is 0.130. The zero-order chi connectivity index (χ0) is 19.3. The van der Waals surface area contributed by atoms with Crippen LogP contribution in [0.5, 0.6) is 11.5 Å². The van der Waals surface area contributed by atoms with Crippen molar-refractivity contribution in [3.05, 3.63) is 78.4 Å². The predicted octanol–water partition coefficient (Wildman–Crippen LogP) is 4.70. The molecule has 0 fully saturated rings. The van der Waals surface area contributed by atoms with Crippen molar-refractivity contribution in [1.82, 2.24) is 9.97 Å². The summed E-state index contributed by atoms with van der Waals surface area (Å²) in [5.41, 5.74) is 2.37. The molecule has 6 heteroatoms.